The molecule has 6 nitrogen and oxygen atoms in total. The minimum atomic E-state index is -0.526. The second kappa shape index (κ2) is 5.96. The number of thiophene rings is 1. The van der Waals surface area contributed by atoms with E-state index in [9.17, 15) is 14.4 Å². The molecular formula is C13H14N2O4S. The van der Waals surface area contributed by atoms with Gasteiger partial charge in [0.25, 0.3) is 5.56 Å². The second-order valence-corrected chi connectivity index (χ2v) is 5.10. The Kier molecular flexibility index (Phi) is 4.29. The van der Waals surface area contributed by atoms with Crippen molar-refractivity contribution in [2.75, 3.05) is 6.61 Å². The number of aromatic nitrogens is 2. The summed E-state index contributed by atoms with van der Waals surface area (Å²) in [5.74, 6) is -0.533. The number of ketones is 1. The van der Waals surface area contributed by atoms with E-state index in [0.717, 1.165) is 0 Å². The molecule has 0 saturated heterocycles. The highest BCUT2D eigenvalue weighted by molar-refractivity contribution is 7.17. The number of carbonyl (C=O) groups excluding carboxylic acids is 2. The van der Waals surface area contributed by atoms with Gasteiger partial charge >= 0.3 is 5.97 Å². The lowest BCUT2D eigenvalue weighted by Crippen LogP contribution is -2.22. The molecule has 106 valence electrons. The smallest absolute Gasteiger partial charge is 0.339 e. The van der Waals surface area contributed by atoms with Gasteiger partial charge in [0, 0.05) is 18.3 Å². The molecule has 2 aromatic rings. The van der Waals surface area contributed by atoms with Crippen LogP contribution in [0, 0.1) is 0 Å². The molecule has 0 aromatic carbocycles. The summed E-state index contributed by atoms with van der Waals surface area (Å²) in [6.45, 7) is 3.67. The van der Waals surface area contributed by atoms with E-state index in [4.69, 9.17) is 4.74 Å². The standard InChI is InChI=1S/C13H14N2O4S/c1-3-19-13(18)9-6-20-11-10(9)12(17)15(7-14-11)5-4-8(2)16/h6-7H,3-5H2,1-2H3. The van der Waals surface area contributed by atoms with E-state index < -0.39 is 5.97 Å². The van der Waals surface area contributed by atoms with E-state index in [0.29, 0.717) is 4.83 Å². The van der Waals surface area contributed by atoms with Gasteiger partial charge in [0.2, 0.25) is 0 Å². The van der Waals surface area contributed by atoms with Gasteiger partial charge in [0.15, 0.2) is 0 Å². The summed E-state index contributed by atoms with van der Waals surface area (Å²) in [5, 5.41) is 1.84. The average molecular weight is 294 g/mol. The molecule has 0 aliphatic heterocycles. The fourth-order valence-electron chi connectivity index (χ4n) is 1.76. The molecule has 2 heterocycles. The number of ether oxygens (including phenoxy) is 1. The van der Waals surface area contributed by atoms with Gasteiger partial charge in [-0.2, -0.15) is 0 Å². The molecule has 2 rings (SSSR count). The van der Waals surface area contributed by atoms with Crippen molar-refractivity contribution < 1.29 is 14.3 Å². The van der Waals surface area contributed by atoms with Crippen molar-refractivity contribution in [1.82, 2.24) is 9.55 Å². The summed E-state index contributed by atoms with van der Waals surface area (Å²) in [5.41, 5.74) is -0.0814. The molecule has 0 fully saturated rings. The first kappa shape index (κ1) is 14.4. The number of hydrogen-bond acceptors (Lipinski definition) is 6. The number of hydrogen-bond donors (Lipinski definition) is 0. The largest absolute Gasteiger partial charge is 0.462 e. The summed E-state index contributed by atoms with van der Waals surface area (Å²) in [4.78, 5) is 39.8. The van der Waals surface area contributed by atoms with Crippen molar-refractivity contribution in [3.05, 3.63) is 27.6 Å². The molecule has 0 unspecified atom stereocenters. The van der Waals surface area contributed by atoms with Crippen molar-refractivity contribution in [2.45, 2.75) is 26.8 Å². The Balaban J connectivity index is 2.47. The Morgan fingerprint density at radius 2 is 2.20 bits per heavy atom. The van der Waals surface area contributed by atoms with Crippen molar-refractivity contribution >= 4 is 33.3 Å². The van der Waals surface area contributed by atoms with Crippen molar-refractivity contribution in [3.8, 4) is 0 Å². The number of aryl methyl sites for hydroxylation is 1. The number of rotatable bonds is 5. The first-order chi connectivity index (χ1) is 9.54. The maximum absolute atomic E-state index is 12.3. The molecule has 0 bridgehead atoms. The van der Waals surface area contributed by atoms with Crippen LogP contribution in [0.15, 0.2) is 16.5 Å². The minimum absolute atomic E-state index is 0.00654. The first-order valence-electron chi connectivity index (χ1n) is 6.17. The predicted octanol–water partition coefficient (Wildman–Crippen LogP) is 1.61. The first-order valence-corrected chi connectivity index (χ1v) is 7.05. The quantitative estimate of drug-likeness (QED) is 0.783. The summed E-state index contributed by atoms with van der Waals surface area (Å²) >= 11 is 1.22. The third kappa shape index (κ3) is 2.77. The molecule has 0 amide bonds. The lowest BCUT2D eigenvalue weighted by atomic mass is 10.2. The van der Waals surface area contributed by atoms with Crippen LogP contribution in [0.2, 0.25) is 0 Å². The minimum Gasteiger partial charge on any atom is -0.462 e. The Morgan fingerprint density at radius 3 is 2.85 bits per heavy atom. The van der Waals surface area contributed by atoms with Crippen LogP contribution in [0.5, 0.6) is 0 Å². The number of Topliss-reactive ketones (excluding diaryl/α,β-unsaturated/α-hetero) is 1. The predicted molar refractivity (Wildman–Crippen MR) is 75.1 cm³/mol. The van der Waals surface area contributed by atoms with Crippen LogP contribution in [-0.4, -0.2) is 27.9 Å². The number of esters is 1. The summed E-state index contributed by atoms with van der Waals surface area (Å²) in [6, 6.07) is 0. The van der Waals surface area contributed by atoms with Crippen molar-refractivity contribution in [2.24, 2.45) is 0 Å². The maximum Gasteiger partial charge on any atom is 0.339 e. The van der Waals surface area contributed by atoms with Crippen LogP contribution >= 0.6 is 11.3 Å². The zero-order chi connectivity index (χ0) is 14.7. The lowest BCUT2D eigenvalue weighted by Gasteiger charge is -2.04. The van der Waals surface area contributed by atoms with Gasteiger partial charge in [0.05, 0.1) is 23.9 Å². The van der Waals surface area contributed by atoms with E-state index in [1.54, 1.807) is 12.3 Å². The number of nitrogens with zero attached hydrogens (tertiary/aromatic N) is 2. The molecule has 0 saturated carbocycles. The van der Waals surface area contributed by atoms with Crippen LogP contribution in [-0.2, 0) is 16.1 Å². The molecule has 0 radical (unpaired) electrons. The fraction of sp³-hybridized carbons (Fsp3) is 0.385. The monoisotopic (exact) mass is 294 g/mol. The molecule has 0 aliphatic carbocycles. The topological polar surface area (TPSA) is 78.3 Å². The highest BCUT2D eigenvalue weighted by Crippen LogP contribution is 2.21. The van der Waals surface area contributed by atoms with E-state index in [1.807, 2.05) is 0 Å². The zero-order valence-electron chi connectivity index (χ0n) is 11.2. The fourth-order valence-corrected chi connectivity index (χ4v) is 2.63. The van der Waals surface area contributed by atoms with Gasteiger partial charge in [-0.1, -0.05) is 0 Å². The highest BCUT2D eigenvalue weighted by atomic mass is 32.1. The average Bonchev–Trinajstić information content (AvgIpc) is 2.83. The third-order valence-electron chi connectivity index (χ3n) is 2.76. The SMILES string of the molecule is CCOC(=O)c1csc2ncn(CCC(C)=O)c(=O)c12. The zero-order valence-corrected chi connectivity index (χ0v) is 12.0. The van der Waals surface area contributed by atoms with Crippen molar-refractivity contribution in [1.29, 1.82) is 0 Å². The molecule has 20 heavy (non-hydrogen) atoms. The van der Waals surface area contributed by atoms with Crippen LogP contribution in [0.4, 0.5) is 0 Å². The lowest BCUT2D eigenvalue weighted by molar-refractivity contribution is -0.117. The Hall–Kier alpha value is -2.02. The molecule has 0 N–H and O–H groups in total. The van der Waals surface area contributed by atoms with Crippen LogP contribution < -0.4 is 5.56 Å². The molecule has 2 aromatic heterocycles. The van der Waals surface area contributed by atoms with Gasteiger partial charge in [0.1, 0.15) is 10.6 Å². The summed E-state index contributed by atoms with van der Waals surface area (Å²) in [6.07, 6.45) is 1.66. The Bertz CT molecular complexity index is 717. The van der Waals surface area contributed by atoms with Crippen LogP contribution in [0.3, 0.4) is 0 Å². The second-order valence-electron chi connectivity index (χ2n) is 4.25. The molecule has 7 heteroatoms. The summed E-state index contributed by atoms with van der Waals surface area (Å²) in [7, 11) is 0. The van der Waals surface area contributed by atoms with E-state index in [-0.39, 0.29) is 41.9 Å². The molecule has 0 spiro atoms. The van der Waals surface area contributed by atoms with Gasteiger partial charge in [-0.05, 0) is 13.8 Å². The van der Waals surface area contributed by atoms with Gasteiger partial charge in [-0.3, -0.25) is 14.2 Å². The normalized spacial score (nSPS) is 10.7. The molecule has 0 atom stereocenters. The third-order valence-corrected chi connectivity index (χ3v) is 3.65. The van der Waals surface area contributed by atoms with Gasteiger partial charge < -0.3 is 4.74 Å². The van der Waals surface area contributed by atoms with Crippen LogP contribution in [0.1, 0.15) is 30.6 Å². The maximum atomic E-state index is 12.3. The Labute approximate surface area is 119 Å². The van der Waals surface area contributed by atoms with E-state index in [2.05, 4.69) is 4.98 Å². The van der Waals surface area contributed by atoms with E-state index >= 15 is 0 Å². The van der Waals surface area contributed by atoms with E-state index in [1.165, 1.54) is 29.2 Å². The molecular weight excluding hydrogens is 280 g/mol. The summed E-state index contributed by atoms with van der Waals surface area (Å²) < 4.78 is 6.27. The number of carbonyl (C=O) groups is 2. The highest BCUT2D eigenvalue weighted by Gasteiger charge is 2.18. The van der Waals surface area contributed by atoms with Crippen molar-refractivity contribution in [3.63, 3.8) is 0 Å². The Morgan fingerprint density at radius 1 is 1.45 bits per heavy atom. The van der Waals surface area contributed by atoms with Gasteiger partial charge in [-0.15, -0.1) is 11.3 Å². The number of fused-ring (bicyclic) bond motifs is 1. The van der Waals surface area contributed by atoms with Crippen LogP contribution in [0.25, 0.3) is 10.2 Å². The van der Waals surface area contributed by atoms with Gasteiger partial charge in [-0.25, -0.2) is 9.78 Å². The molecule has 0 aliphatic rings.